The van der Waals surface area contributed by atoms with Gasteiger partial charge >= 0.3 is 6.18 Å². The number of benzene rings is 1. The number of alkyl halides is 3. The van der Waals surface area contributed by atoms with Crippen molar-refractivity contribution in [3.63, 3.8) is 0 Å². The molecule has 0 unspecified atom stereocenters. The maximum absolute atomic E-state index is 12.6. The normalized spacial score (nSPS) is 19.9. The van der Waals surface area contributed by atoms with Gasteiger partial charge in [0.1, 0.15) is 12.9 Å². The molecule has 1 aliphatic carbocycles. The lowest BCUT2D eigenvalue weighted by Crippen LogP contribution is -2.18. The molecule has 0 aliphatic heterocycles. The average molecular weight is 393 g/mol. The Morgan fingerprint density at radius 2 is 2.00 bits per heavy atom. The topological polar surface area (TPSA) is 60.9 Å². The first-order valence-corrected chi connectivity index (χ1v) is 8.65. The Morgan fingerprint density at radius 3 is 2.81 bits per heavy atom. The van der Waals surface area contributed by atoms with Gasteiger partial charge in [-0.2, -0.15) is 18.3 Å². The molecule has 0 radical (unpaired) electrons. The third kappa shape index (κ3) is 2.91. The fourth-order valence-corrected chi connectivity index (χ4v) is 3.81. The van der Waals surface area contributed by atoms with Crippen LogP contribution in [0.4, 0.5) is 13.2 Å². The molecule has 4 aromatic rings. The highest BCUT2D eigenvalue weighted by atomic mass is 35.5. The van der Waals surface area contributed by atoms with Crippen molar-refractivity contribution in [3.05, 3.63) is 53.1 Å². The van der Waals surface area contributed by atoms with Crippen molar-refractivity contribution in [2.24, 2.45) is 0 Å². The molecule has 0 amide bonds. The molecular formula is C17H12ClF3N6. The zero-order valence-electron chi connectivity index (χ0n) is 13.7. The summed E-state index contributed by atoms with van der Waals surface area (Å²) < 4.78 is 40.3. The monoisotopic (exact) mass is 392 g/mol. The van der Waals surface area contributed by atoms with Gasteiger partial charge in [0.2, 0.25) is 0 Å². The molecule has 0 spiro atoms. The number of fused-ring (bicyclic) bond motifs is 2. The molecule has 5 rings (SSSR count). The van der Waals surface area contributed by atoms with Gasteiger partial charge in [0.05, 0.1) is 11.7 Å². The molecule has 0 saturated heterocycles. The van der Waals surface area contributed by atoms with Gasteiger partial charge in [-0.25, -0.2) is 4.98 Å². The summed E-state index contributed by atoms with van der Waals surface area (Å²) in [7, 11) is 0. The highest BCUT2D eigenvalue weighted by Gasteiger charge is 2.41. The van der Waals surface area contributed by atoms with E-state index in [1.165, 1.54) is 17.2 Å². The smallest absolute Gasteiger partial charge is 0.256 e. The van der Waals surface area contributed by atoms with E-state index in [-0.39, 0.29) is 11.8 Å². The lowest BCUT2D eigenvalue weighted by atomic mass is 10.0. The predicted molar refractivity (Wildman–Crippen MR) is 91.7 cm³/mol. The summed E-state index contributed by atoms with van der Waals surface area (Å²) in [6.07, 6.45) is -0.489. The van der Waals surface area contributed by atoms with Crippen LogP contribution in [-0.2, 0) is 6.54 Å². The first kappa shape index (κ1) is 16.5. The number of halogens is 4. The average Bonchev–Trinajstić information content (AvgIpc) is 3.10. The van der Waals surface area contributed by atoms with Crippen LogP contribution in [0.15, 0.2) is 36.8 Å². The van der Waals surface area contributed by atoms with Gasteiger partial charge in [-0.1, -0.05) is 17.7 Å². The fraction of sp³-hybridized carbons (Fsp3) is 0.294. The molecule has 10 heteroatoms. The van der Waals surface area contributed by atoms with E-state index >= 15 is 0 Å². The van der Waals surface area contributed by atoms with Gasteiger partial charge in [0, 0.05) is 10.9 Å². The second-order valence-electron chi connectivity index (χ2n) is 6.68. The molecule has 1 aromatic carbocycles. The van der Waals surface area contributed by atoms with Crippen LogP contribution < -0.4 is 0 Å². The number of aromatic nitrogens is 6. The van der Waals surface area contributed by atoms with Crippen LogP contribution in [0, 0.1) is 0 Å². The largest absolute Gasteiger partial charge is 0.408 e. The van der Waals surface area contributed by atoms with Crippen LogP contribution in [0.1, 0.15) is 29.4 Å². The molecule has 1 fully saturated rings. The maximum atomic E-state index is 12.6. The van der Waals surface area contributed by atoms with E-state index in [9.17, 15) is 13.2 Å². The first-order chi connectivity index (χ1) is 12.9. The third-order valence-corrected chi connectivity index (χ3v) is 5.05. The molecule has 138 valence electrons. The Kier molecular flexibility index (Phi) is 3.45. The van der Waals surface area contributed by atoms with E-state index < -0.39 is 12.7 Å². The van der Waals surface area contributed by atoms with E-state index in [4.69, 9.17) is 11.6 Å². The van der Waals surface area contributed by atoms with E-state index in [2.05, 4.69) is 20.3 Å². The molecule has 6 nitrogen and oxygen atoms in total. The molecule has 0 N–H and O–H groups in total. The highest BCUT2D eigenvalue weighted by Crippen LogP contribution is 2.55. The van der Waals surface area contributed by atoms with E-state index in [1.807, 2.05) is 12.1 Å². The van der Waals surface area contributed by atoms with Crippen molar-refractivity contribution in [2.45, 2.75) is 31.0 Å². The van der Waals surface area contributed by atoms with Gasteiger partial charge in [0.15, 0.2) is 10.8 Å². The van der Waals surface area contributed by atoms with Crippen LogP contribution in [0.2, 0.25) is 5.15 Å². The zero-order chi connectivity index (χ0) is 18.8. The lowest BCUT2D eigenvalue weighted by molar-refractivity contribution is -0.141. The summed E-state index contributed by atoms with van der Waals surface area (Å²) in [4.78, 5) is 4.25. The summed E-state index contributed by atoms with van der Waals surface area (Å²) in [6, 6.07) is 7.27. The van der Waals surface area contributed by atoms with Crippen LogP contribution in [-0.4, -0.2) is 35.8 Å². The quantitative estimate of drug-likeness (QED) is 0.529. The van der Waals surface area contributed by atoms with Gasteiger partial charge in [-0.15, -0.1) is 14.8 Å². The molecule has 0 bridgehead atoms. The summed E-state index contributed by atoms with van der Waals surface area (Å²) in [5.74, 6) is 0.471. The lowest BCUT2D eigenvalue weighted by Gasteiger charge is -2.08. The SMILES string of the molecule is FC(F)(F)Cn1ncc2cc([C@H]3C[C@@H]3c3cc(Cl)nn4ncnc34)ccc21. The van der Waals surface area contributed by atoms with Gasteiger partial charge in [0.25, 0.3) is 0 Å². The van der Waals surface area contributed by atoms with Crippen molar-refractivity contribution >= 4 is 28.2 Å². The predicted octanol–water partition coefficient (Wildman–Crippen LogP) is 3.96. The molecule has 27 heavy (non-hydrogen) atoms. The van der Waals surface area contributed by atoms with Crippen LogP contribution in [0.25, 0.3) is 16.6 Å². The van der Waals surface area contributed by atoms with Gasteiger partial charge < -0.3 is 0 Å². The van der Waals surface area contributed by atoms with E-state index in [1.54, 1.807) is 12.1 Å². The molecular weight excluding hydrogens is 381 g/mol. The second kappa shape index (κ2) is 5.66. The Hall–Kier alpha value is -2.68. The second-order valence-corrected chi connectivity index (χ2v) is 7.07. The Bertz CT molecular complexity index is 1160. The summed E-state index contributed by atoms with van der Waals surface area (Å²) in [5.41, 5.74) is 3.18. The van der Waals surface area contributed by atoms with Crippen LogP contribution in [0.3, 0.4) is 0 Å². The minimum atomic E-state index is -4.30. The van der Waals surface area contributed by atoms with E-state index in [0.717, 1.165) is 22.2 Å². The molecule has 3 heterocycles. The zero-order valence-corrected chi connectivity index (χ0v) is 14.5. The minimum absolute atomic E-state index is 0.222. The van der Waals surface area contributed by atoms with Gasteiger partial charge in [-0.3, -0.25) is 4.68 Å². The molecule has 1 aliphatic rings. The standard InChI is InChI=1S/C17H12ClF3N6/c18-15-5-13(16-22-8-24-27(16)25-15)12-4-11(12)9-1-2-14-10(3-9)6-23-26(14)7-17(19,20)21/h1-3,5-6,8,11-12H,4,7H2/t11-,12+/m1/s1. The molecule has 3 aromatic heterocycles. The van der Waals surface area contributed by atoms with Crippen LogP contribution in [0.5, 0.6) is 0 Å². The van der Waals surface area contributed by atoms with Crippen molar-refractivity contribution in [3.8, 4) is 0 Å². The fourth-order valence-electron chi connectivity index (χ4n) is 3.62. The third-order valence-electron chi connectivity index (χ3n) is 4.87. The summed E-state index contributed by atoms with van der Waals surface area (Å²) in [5, 5.41) is 13.0. The van der Waals surface area contributed by atoms with E-state index in [0.29, 0.717) is 21.7 Å². The maximum Gasteiger partial charge on any atom is 0.408 e. The first-order valence-electron chi connectivity index (χ1n) is 8.28. The minimum Gasteiger partial charge on any atom is -0.256 e. The Morgan fingerprint density at radius 1 is 1.15 bits per heavy atom. The van der Waals surface area contributed by atoms with Crippen LogP contribution >= 0.6 is 11.6 Å². The molecule has 1 saturated carbocycles. The van der Waals surface area contributed by atoms with Crippen molar-refractivity contribution < 1.29 is 13.2 Å². The van der Waals surface area contributed by atoms with Crippen molar-refractivity contribution in [2.75, 3.05) is 0 Å². The number of hydrogen-bond donors (Lipinski definition) is 0. The van der Waals surface area contributed by atoms with Crippen molar-refractivity contribution in [1.82, 2.24) is 29.6 Å². The number of nitrogens with zero attached hydrogens (tertiary/aromatic N) is 6. The molecule has 2 atom stereocenters. The summed E-state index contributed by atoms with van der Waals surface area (Å²) in [6.45, 7) is -1.09. The van der Waals surface area contributed by atoms with Gasteiger partial charge in [-0.05, 0) is 42.0 Å². The van der Waals surface area contributed by atoms with Crippen molar-refractivity contribution in [1.29, 1.82) is 0 Å². The summed E-state index contributed by atoms with van der Waals surface area (Å²) >= 11 is 6.08. The Labute approximate surface area is 155 Å². The number of rotatable bonds is 3. The highest BCUT2D eigenvalue weighted by molar-refractivity contribution is 6.29. The number of hydrogen-bond acceptors (Lipinski definition) is 4. The Balaban J connectivity index is 1.46.